The molecule has 1 saturated heterocycles. The normalized spacial score (nSPS) is 20.6. The Labute approximate surface area is 139 Å². The third-order valence-corrected chi connectivity index (χ3v) is 4.36. The Morgan fingerprint density at radius 2 is 1.79 bits per heavy atom. The Kier molecular flexibility index (Phi) is 4.78. The lowest BCUT2D eigenvalue weighted by Gasteiger charge is -2.34. The zero-order valence-electron chi connectivity index (χ0n) is 13.6. The van der Waals surface area contributed by atoms with Crippen molar-refractivity contribution in [3.63, 3.8) is 0 Å². The molecular formula is C17H20FN3O3. The summed E-state index contributed by atoms with van der Waals surface area (Å²) in [5, 5.41) is 4.00. The summed E-state index contributed by atoms with van der Waals surface area (Å²) >= 11 is 0. The highest BCUT2D eigenvalue weighted by Crippen LogP contribution is 2.18. The predicted octanol–water partition coefficient (Wildman–Crippen LogP) is 1.20. The second-order valence-corrected chi connectivity index (χ2v) is 6.09. The molecule has 1 aromatic carbocycles. The van der Waals surface area contributed by atoms with Crippen LogP contribution in [0.4, 0.5) is 4.39 Å². The van der Waals surface area contributed by atoms with Crippen molar-refractivity contribution in [1.82, 2.24) is 9.80 Å². The van der Waals surface area contributed by atoms with Gasteiger partial charge in [-0.3, -0.25) is 9.59 Å². The fraction of sp³-hybridized carbons (Fsp3) is 0.471. The van der Waals surface area contributed by atoms with E-state index in [9.17, 15) is 14.0 Å². The van der Waals surface area contributed by atoms with Gasteiger partial charge in [0.25, 0.3) is 5.91 Å². The highest BCUT2D eigenvalue weighted by molar-refractivity contribution is 5.94. The van der Waals surface area contributed by atoms with Crippen LogP contribution < -0.4 is 0 Å². The first-order chi connectivity index (χ1) is 11.5. The maximum Gasteiger partial charge on any atom is 0.267 e. The summed E-state index contributed by atoms with van der Waals surface area (Å²) < 4.78 is 12.9. The van der Waals surface area contributed by atoms with Crippen molar-refractivity contribution in [3.05, 3.63) is 35.6 Å². The molecule has 0 unspecified atom stereocenters. The summed E-state index contributed by atoms with van der Waals surface area (Å²) in [7, 11) is 0. The van der Waals surface area contributed by atoms with E-state index in [0.29, 0.717) is 39.0 Å². The van der Waals surface area contributed by atoms with E-state index in [1.807, 2.05) is 0 Å². The van der Waals surface area contributed by atoms with Crippen LogP contribution in [0.15, 0.2) is 29.4 Å². The zero-order valence-corrected chi connectivity index (χ0v) is 13.6. The third-order valence-electron chi connectivity index (χ3n) is 4.36. The van der Waals surface area contributed by atoms with Crippen molar-refractivity contribution >= 4 is 17.5 Å². The van der Waals surface area contributed by atoms with E-state index in [1.165, 1.54) is 19.1 Å². The van der Waals surface area contributed by atoms with Gasteiger partial charge in [0.2, 0.25) is 12.0 Å². The number of amides is 2. The summed E-state index contributed by atoms with van der Waals surface area (Å²) in [6.45, 7) is 3.68. The average molecular weight is 333 g/mol. The Morgan fingerprint density at radius 3 is 2.42 bits per heavy atom. The van der Waals surface area contributed by atoms with Crippen LogP contribution in [0.2, 0.25) is 0 Å². The minimum atomic E-state index is -0.593. The van der Waals surface area contributed by atoms with Crippen LogP contribution in [0.5, 0.6) is 0 Å². The molecule has 1 atom stereocenters. The third kappa shape index (κ3) is 3.72. The van der Waals surface area contributed by atoms with Gasteiger partial charge in [-0.05, 0) is 17.7 Å². The first-order valence-corrected chi connectivity index (χ1v) is 8.03. The number of carbonyl (C=O) groups is 2. The molecule has 0 aliphatic carbocycles. The van der Waals surface area contributed by atoms with Crippen LogP contribution in [-0.4, -0.2) is 59.6 Å². The summed E-state index contributed by atoms with van der Waals surface area (Å²) in [6, 6.07) is 6.22. The van der Waals surface area contributed by atoms with Crippen molar-refractivity contribution in [2.45, 2.75) is 25.9 Å². The van der Waals surface area contributed by atoms with E-state index in [0.717, 1.165) is 11.3 Å². The summed E-state index contributed by atoms with van der Waals surface area (Å²) in [4.78, 5) is 32.6. The van der Waals surface area contributed by atoms with Crippen LogP contribution >= 0.6 is 0 Å². The molecule has 1 aromatic rings. The van der Waals surface area contributed by atoms with Gasteiger partial charge in [-0.15, -0.1) is 0 Å². The molecule has 1 fully saturated rings. The lowest BCUT2D eigenvalue weighted by atomic mass is 10.0. The molecule has 2 aliphatic rings. The standard InChI is InChI=1S/C17H20FN3O3/c1-12(22)20-6-8-21(9-7-20)17(23)16-11-15(19-24-16)10-13-2-4-14(18)5-3-13/h2-5,16H,6-11H2,1H3/t16-/m0/s1. The quantitative estimate of drug-likeness (QED) is 0.835. The summed E-state index contributed by atoms with van der Waals surface area (Å²) in [6.07, 6.45) is 0.398. The second kappa shape index (κ2) is 6.98. The number of halogens is 1. The van der Waals surface area contributed by atoms with E-state index < -0.39 is 6.10 Å². The molecular weight excluding hydrogens is 313 g/mol. The van der Waals surface area contributed by atoms with Gasteiger partial charge in [-0.1, -0.05) is 17.3 Å². The van der Waals surface area contributed by atoms with Crippen molar-refractivity contribution in [2.75, 3.05) is 26.2 Å². The van der Waals surface area contributed by atoms with Gasteiger partial charge in [0.15, 0.2) is 0 Å². The number of hydrogen-bond acceptors (Lipinski definition) is 4. The van der Waals surface area contributed by atoms with Crippen molar-refractivity contribution in [3.8, 4) is 0 Å². The number of benzene rings is 1. The van der Waals surface area contributed by atoms with Crippen LogP contribution in [0.25, 0.3) is 0 Å². The first-order valence-electron chi connectivity index (χ1n) is 8.03. The minimum absolute atomic E-state index is 0.0316. The number of rotatable bonds is 3. The Bertz CT molecular complexity index is 652. The Hall–Kier alpha value is -2.44. The summed E-state index contributed by atoms with van der Waals surface area (Å²) in [5.41, 5.74) is 1.71. The lowest BCUT2D eigenvalue weighted by Crippen LogP contribution is -2.52. The average Bonchev–Trinajstić information content (AvgIpc) is 3.05. The largest absolute Gasteiger partial charge is 0.382 e. The van der Waals surface area contributed by atoms with Gasteiger partial charge in [0.1, 0.15) is 5.82 Å². The Balaban J connectivity index is 1.50. The lowest BCUT2D eigenvalue weighted by molar-refractivity contribution is -0.146. The topological polar surface area (TPSA) is 62.2 Å². The number of oxime groups is 1. The zero-order chi connectivity index (χ0) is 17.1. The van der Waals surface area contributed by atoms with E-state index in [-0.39, 0.29) is 17.6 Å². The molecule has 0 N–H and O–H groups in total. The fourth-order valence-corrected chi connectivity index (χ4v) is 2.95. The van der Waals surface area contributed by atoms with Gasteiger partial charge in [0.05, 0.1) is 5.71 Å². The van der Waals surface area contributed by atoms with Crippen molar-refractivity contribution in [1.29, 1.82) is 0 Å². The number of hydrogen-bond donors (Lipinski definition) is 0. The molecule has 128 valence electrons. The molecule has 0 aromatic heterocycles. The molecule has 0 saturated carbocycles. The van der Waals surface area contributed by atoms with Crippen LogP contribution in [0.1, 0.15) is 18.9 Å². The molecule has 2 aliphatic heterocycles. The van der Waals surface area contributed by atoms with E-state index in [4.69, 9.17) is 4.84 Å². The second-order valence-electron chi connectivity index (χ2n) is 6.09. The fourth-order valence-electron chi connectivity index (χ4n) is 2.95. The maximum atomic E-state index is 12.9. The first kappa shape index (κ1) is 16.4. The number of piperazine rings is 1. The number of carbonyl (C=O) groups excluding carboxylic acids is 2. The monoisotopic (exact) mass is 333 g/mol. The smallest absolute Gasteiger partial charge is 0.267 e. The maximum absolute atomic E-state index is 12.9. The Morgan fingerprint density at radius 1 is 1.17 bits per heavy atom. The molecule has 7 heteroatoms. The number of nitrogens with zero attached hydrogens (tertiary/aromatic N) is 3. The van der Waals surface area contributed by atoms with Gasteiger partial charge < -0.3 is 14.6 Å². The van der Waals surface area contributed by atoms with Gasteiger partial charge in [-0.2, -0.15) is 0 Å². The van der Waals surface area contributed by atoms with Gasteiger partial charge >= 0.3 is 0 Å². The molecule has 24 heavy (non-hydrogen) atoms. The molecule has 0 spiro atoms. The molecule has 2 amide bonds. The van der Waals surface area contributed by atoms with Gasteiger partial charge in [-0.25, -0.2) is 4.39 Å². The van der Waals surface area contributed by atoms with Gasteiger partial charge in [0, 0.05) is 45.9 Å². The van der Waals surface area contributed by atoms with Crippen LogP contribution in [0, 0.1) is 5.82 Å². The highest BCUT2D eigenvalue weighted by atomic mass is 19.1. The van der Waals surface area contributed by atoms with Crippen LogP contribution in [0.3, 0.4) is 0 Å². The van der Waals surface area contributed by atoms with Crippen molar-refractivity contribution < 1.29 is 18.8 Å². The van der Waals surface area contributed by atoms with E-state index in [1.54, 1.807) is 21.9 Å². The predicted molar refractivity (Wildman–Crippen MR) is 85.9 cm³/mol. The molecule has 0 bridgehead atoms. The SMILES string of the molecule is CC(=O)N1CCN(C(=O)[C@@H]2CC(Cc3ccc(F)cc3)=NO2)CC1. The van der Waals surface area contributed by atoms with Crippen LogP contribution in [-0.2, 0) is 20.8 Å². The van der Waals surface area contributed by atoms with E-state index >= 15 is 0 Å². The molecule has 3 rings (SSSR count). The van der Waals surface area contributed by atoms with E-state index in [2.05, 4.69) is 5.16 Å². The summed E-state index contributed by atoms with van der Waals surface area (Å²) in [5.74, 6) is -0.332. The molecule has 6 nitrogen and oxygen atoms in total. The minimum Gasteiger partial charge on any atom is -0.382 e. The van der Waals surface area contributed by atoms with Crippen molar-refractivity contribution in [2.24, 2.45) is 5.16 Å². The molecule has 0 radical (unpaired) electrons. The highest BCUT2D eigenvalue weighted by Gasteiger charge is 2.33. The molecule has 2 heterocycles.